The normalized spacial score (nSPS) is 11.0. The van der Waals surface area contributed by atoms with Gasteiger partial charge in [-0.05, 0) is 60.9 Å². The molecule has 0 bridgehead atoms. The molecule has 0 aliphatic rings. The molecule has 0 amide bonds. The van der Waals surface area contributed by atoms with Crippen molar-refractivity contribution in [2.75, 3.05) is 7.11 Å². The summed E-state index contributed by atoms with van der Waals surface area (Å²) in [6, 6.07) is 14.4. The molecule has 4 heteroatoms. The number of benzene rings is 2. The number of aromatic nitrogens is 1. The highest BCUT2D eigenvalue weighted by molar-refractivity contribution is 6.30. The number of halogens is 1. The summed E-state index contributed by atoms with van der Waals surface area (Å²) in [6.45, 7) is 5.66. The molecule has 0 saturated carbocycles. The molecule has 3 rings (SSSR count). The number of ether oxygens (including phenoxy) is 1. The first-order valence-corrected chi connectivity index (χ1v) is 8.34. The van der Waals surface area contributed by atoms with Crippen LogP contribution in [0.2, 0.25) is 5.15 Å². The Morgan fingerprint density at radius 3 is 2.42 bits per heavy atom. The van der Waals surface area contributed by atoms with Crippen molar-refractivity contribution >= 4 is 22.5 Å². The molecule has 0 unspecified atom stereocenters. The van der Waals surface area contributed by atoms with E-state index in [-0.39, 0.29) is 0 Å². The molecule has 1 N–H and O–H groups in total. The summed E-state index contributed by atoms with van der Waals surface area (Å²) in [5, 5.41) is 5.11. The van der Waals surface area contributed by atoms with Crippen LogP contribution in [-0.2, 0) is 13.1 Å². The van der Waals surface area contributed by atoms with E-state index in [2.05, 4.69) is 54.5 Å². The lowest BCUT2D eigenvalue weighted by Crippen LogP contribution is -2.13. The zero-order valence-corrected chi connectivity index (χ0v) is 14.9. The molecule has 1 aromatic heterocycles. The predicted molar refractivity (Wildman–Crippen MR) is 99.8 cm³/mol. The SMILES string of the molecule is COc1ccc(CNCc2cc3cc(C)c(C)cc3nc2Cl)cc1. The Morgan fingerprint density at radius 1 is 1.00 bits per heavy atom. The summed E-state index contributed by atoms with van der Waals surface area (Å²) >= 11 is 6.35. The van der Waals surface area contributed by atoms with Gasteiger partial charge in [-0.2, -0.15) is 0 Å². The monoisotopic (exact) mass is 340 g/mol. The van der Waals surface area contributed by atoms with Crippen LogP contribution in [0, 0.1) is 13.8 Å². The van der Waals surface area contributed by atoms with Crippen molar-refractivity contribution in [3.8, 4) is 5.75 Å². The molecule has 1 heterocycles. The fourth-order valence-electron chi connectivity index (χ4n) is 2.67. The summed E-state index contributed by atoms with van der Waals surface area (Å²) in [7, 11) is 1.67. The van der Waals surface area contributed by atoms with Gasteiger partial charge in [-0.1, -0.05) is 23.7 Å². The largest absolute Gasteiger partial charge is 0.497 e. The van der Waals surface area contributed by atoms with Crippen LogP contribution >= 0.6 is 11.6 Å². The van der Waals surface area contributed by atoms with Crippen LogP contribution in [0.15, 0.2) is 42.5 Å². The van der Waals surface area contributed by atoms with Crippen LogP contribution in [0.3, 0.4) is 0 Å². The van der Waals surface area contributed by atoms with Gasteiger partial charge in [-0.3, -0.25) is 0 Å². The van der Waals surface area contributed by atoms with E-state index in [1.165, 1.54) is 16.7 Å². The first-order chi connectivity index (χ1) is 11.6. The molecule has 24 heavy (non-hydrogen) atoms. The van der Waals surface area contributed by atoms with Crippen LogP contribution in [0.1, 0.15) is 22.3 Å². The highest BCUT2D eigenvalue weighted by Crippen LogP contribution is 2.23. The first kappa shape index (κ1) is 16.7. The Morgan fingerprint density at radius 2 is 1.71 bits per heavy atom. The fourth-order valence-corrected chi connectivity index (χ4v) is 2.88. The standard InChI is InChI=1S/C20H21ClN2O/c1-13-8-16-10-17(20(21)23-19(16)9-14(13)2)12-22-11-15-4-6-18(24-3)7-5-15/h4-10,22H,11-12H2,1-3H3. The van der Waals surface area contributed by atoms with E-state index in [9.17, 15) is 0 Å². The fraction of sp³-hybridized carbons (Fsp3) is 0.250. The number of methoxy groups -OCH3 is 1. The van der Waals surface area contributed by atoms with Gasteiger partial charge in [0.25, 0.3) is 0 Å². The minimum Gasteiger partial charge on any atom is -0.497 e. The average molecular weight is 341 g/mol. The van der Waals surface area contributed by atoms with Gasteiger partial charge in [-0.15, -0.1) is 0 Å². The van der Waals surface area contributed by atoms with Crippen LogP contribution in [0.4, 0.5) is 0 Å². The number of fused-ring (bicyclic) bond motifs is 1. The molecule has 3 aromatic rings. The lowest BCUT2D eigenvalue weighted by Gasteiger charge is -2.10. The van der Waals surface area contributed by atoms with Crippen molar-refractivity contribution < 1.29 is 4.74 Å². The second-order valence-corrected chi connectivity index (χ2v) is 6.38. The minimum absolute atomic E-state index is 0.563. The minimum atomic E-state index is 0.563. The van der Waals surface area contributed by atoms with E-state index in [0.717, 1.165) is 28.8 Å². The molecule has 0 fully saturated rings. The zero-order chi connectivity index (χ0) is 17.1. The second-order valence-electron chi connectivity index (χ2n) is 6.02. The predicted octanol–water partition coefficient (Wildman–Crippen LogP) is 4.80. The Labute approximate surface area is 147 Å². The molecule has 0 saturated heterocycles. The maximum Gasteiger partial charge on any atom is 0.134 e. The molecule has 2 aromatic carbocycles. The molecular formula is C20H21ClN2O. The third-order valence-electron chi connectivity index (χ3n) is 4.26. The van der Waals surface area contributed by atoms with E-state index < -0.39 is 0 Å². The average Bonchev–Trinajstić information content (AvgIpc) is 2.58. The Hall–Kier alpha value is -2.10. The van der Waals surface area contributed by atoms with Crippen LogP contribution in [0.5, 0.6) is 5.75 Å². The van der Waals surface area contributed by atoms with Gasteiger partial charge in [0.2, 0.25) is 0 Å². The molecule has 0 spiro atoms. The van der Waals surface area contributed by atoms with Gasteiger partial charge in [0.1, 0.15) is 10.9 Å². The third-order valence-corrected chi connectivity index (χ3v) is 4.59. The van der Waals surface area contributed by atoms with E-state index >= 15 is 0 Å². The smallest absolute Gasteiger partial charge is 0.134 e. The van der Waals surface area contributed by atoms with Crippen molar-refractivity contribution in [2.24, 2.45) is 0 Å². The van der Waals surface area contributed by atoms with Gasteiger partial charge in [0, 0.05) is 24.0 Å². The van der Waals surface area contributed by atoms with Crippen LogP contribution < -0.4 is 10.1 Å². The highest BCUT2D eigenvalue weighted by Gasteiger charge is 2.07. The Balaban J connectivity index is 1.72. The molecule has 0 aliphatic carbocycles. The number of nitrogens with zero attached hydrogens (tertiary/aromatic N) is 1. The Kier molecular flexibility index (Phi) is 5.03. The molecular weight excluding hydrogens is 320 g/mol. The van der Waals surface area contributed by atoms with Gasteiger partial charge in [0.05, 0.1) is 12.6 Å². The highest BCUT2D eigenvalue weighted by atomic mass is 35.5. The Bertz CT molecular complexity index is 860. The number of nitrogens with one attached hydrogen (secondary N) is 1. The van der Waals surface area contributed by atoms with E-state index in [0.29, 0.717) is 11.7 Å². The summed E-state index contributed by atoms with van der Waals surface area (Å²) in [5.74, 6) is 0.867. The van der Waals surface area contributed by atoms with E-state index in [1.807, 2.05) is 12.1 Å². The van der Waals surface area contributed by atoms with Crippen molar-refractivity contribution in [3.63, 3.8) is 0 Å². The molecule has 0 atom stereocenters. The molecule has 3 nitrogen and oxygen atoms in total. The van der Waals surface area contributed by atoms with Crippen LogP contribution in [-0.4, -0.2) is 12.1 Å². The number of pyridine rings is 1. The molecule has 124 valence electrons. The second kappa shape index (κ2) is 7.20. The van der Waals surface area contributed by atoms with Crippen molar-refractivity contribution in [1.29, 1.82) is 0 Å². The van der Waals surface area contributed by atoms with Gasteiger partial charge in [0.15, 0.2) is 0 Å². The summed E-state index contributed by atoms with van der Waals surface area (Å²) in [6.07, 6.45) is 0. The molecule has 0 aliphatic heterocycles. The van der Waals surface area contributed by atoms with E-state index in [1.54, 1.807) is 7.11 Å². The van der Waals surface area contributed by atoms with Gasteiger partial charge < -0.3 is 10.1 Å². The lowest BCUT2D eigenvalue weighted by atomic mass is 10.1. The number of hydrogen-bond acceptors (Lipinski definition) is 3. The van der Waals surface area contributed by atoms with Crippen molar-refractivity contribution in [2.45, 2.75) is 26.9 Å². The third kappa shape index (κ3) is 3.69. The van der Waals surface area contributed by atoms with Crippen molar-refractivity contribution in [1.82, 2.24) is 10.3 Å². The summed E-state index contributed by atoms with van der Waals surface area (Å²) in [5.41, 5.74) is 5.66. The zero-order valence-electron chi connectivity index (χ0n) is 14.2. The maximum absolute atomic E-state index is 6.35. The van der Waals surface area contributed by atoms with Gasteiger partial charge >= 0.3 is 0 Å². The summed E-state index contributed by atoms with van der Waals surface area (Å²) in [4.78, 5) is 4.53. The van der Waals surface area contributed by atoms with Crippen molar-refractivity contribution in [3.05, 3.63) is 69.9 Å². The first-order valence-electron chi connectivity index (χ1n) is 7.97. The topological polar surface area (TPSA) is 34.1 Å². The number of hydrogen-bond donors (Lipinski definition) is 1. The maximum atomic E-state index is 6.35. The van der Waals surface area contributed by atoms with Gasteiger partial charge in [-0.25, -0.2) is 4.98 Å². The molecule has 0 radical (unpaired) electrons. The number of rotatable bonds is 5. The lowest BCUT2D eigenvalue weighted by molar-refractivity contribution is 0.414. The van der Waals surface area contributed by atoms with Crippen LogP contribution in [0.25, 0.3) is 10.9 Å². The summed E-state index contributed by atoms with van der Waals surface area (Å²) < 4.78 is 5.17. The number of aryl methyl sites for hydroxylation is 2. The quantitative estimate of drug-likeness (QED) is 0.677. The van der Waals surface area contributed by atoms with E-state index in [4.69, 9.17) is 16.3 Å².